The Hall–Kier alpha value is -3.41. The number of amides is 1. The van der Waals surface area contributed by atoms with Gasteiger partial charge in [-0.2, -0.15) is 0 Å². The molecule has 0 unspecified atom stereocenters. The second-order valence-electron chi connectivity index (χ2n) is 4.96. The van der Waals surface area contributed by atoms with Crippen LogP contribution in [0.1, 0.15) is 10.5 Å². The van der Waals surface area contributed by atoms with Gasteiger partial charge < -0.3 is 15.4 Å². The number of para-hydroxylation sites is 1. The lowest BCUT2D eigenvalue weighted by molar-refractivity contribution is 0.102. The van der Waals surface area contributed by atoms with Crippen LogP contribution in [-0.4, -0.2) is 23.0 Å². The van der Waals surface area contributed by atoms with Crippen molar-refractivity contribution in [3.8, 4) is 5.75 Å². The molecule has 1 amide bonds. The molecule has 0 aliphatic rings. The summed E-state index contributed by atoms with van der Waals surface area (Å²) in [7, 11) is 1.59. The van der Waals surface area contributed by atoms with Crippen molar-refractivity contribution < 1.29 is 9.53 Å². The van der Waals surface area contributed by atoms with E-state index in [1.165, 1.54) is 12.4 Å². The van der Waals surface area contributed by atoms with E-state index < -0.39 is 0 Å². The molecule has 2 N–H and O–H groups in total. The summed E-state index contributed by atoms with van der Waals surface area (Å²) in [5.74, 6) is 0.977. The summed E-state index contributed by atoms with van der Waals surface area (Å²) >= 11 is 0. The van der Waals surface area contributed by atoms with Crippen LogP contribution in [0.3, 0.4) is 0 Å². The molecule has 24 heavy (non-hydrogen) atoms. The zero-order valence-electron chi connectivity index (χ0n) is 13.1. The molecule has 3 aromatic rings. The van der Waals surface area contributed by atoms with Gasteiger partial charge >= 0.3 is 0 Å². The zero-order valence-corrected chi connectivity index (χ0v) is 13.1. The molecule has 0 saturated heterocycles. The van der Waals surface area contributed by atoms with Gasteiger partial charge in [0.25, 0.3) is 5.91 Å². The van der Waals surface area contributed by atoms with Crippen LogP contribution in [0.5, 0.6) is 5.75 Å². The standard InChI is InChI=1S/C18H16N4O2/c1-24-15-9-7-14(8-10-15)22-18(23)16-11-20-17(12-19-16)21-13-5-3-2-4-6-13/h2-12H,1H3,(H,20,21)(H,22,23). The third-order valence-corrected chi connectivity index (χ3v) is 3.28. The van der Waals surface area contributed by atoms with Crippen LogP contribution in [0.4, 0.5) is 17.2 Å². The van der Waals surface area contributed by atoms with Crippen molar-refractivity contribution in [2.24, 2.45) is 0 Å². The molecule has 0 atom stereocenters. The maximum absolute atomic E-state index is 12.2. The third-order valence-electron chi connectivity index (χ3n) is 3.28. The van der Waals surface area contributed by atoms with E-state index in [-0.39, 0.29) is 11.6 Å². The van der Waals surface area contributed by atoms with Crippen LogP contribution in [-0.2, 0) is 0 Å². The molecule has 0 aliphatic heterocycles. The number of carbonyl (C=O) groups excluding carboxylic acids is 1. The van der Waals surface area contributed by atoms with Gasteiger partial charge in [0, 0.05) is 11.4 Å². The molecular formula is C18H16N4O2. The summed E-state index contributed by atoms with van der Waals surface area (Å²) in [6.07, 6.45) is 2.96. The first-order chi connectivity index (χ1) is 11.7. The number of hydrogen-bond acceptors (Lipinski definition) is 5. The molecule has 3 rings (SSSR count). The van der Waals surface area contributed by atoms with Gasteiger partial charge in [-0.15, -0.1) is 0 Å². The number of carbonyl (C=O) groups is 1. The van der Waals surface area contributed by atoms with E-state index in [4.69, 9.17) is 4.74 Å². The molecule has 0 fully saturated rings. The van der Waals surface area contributed by atoms with Gasteiger partial charge in [0.1, 0.15) is 17.3 Å². The Morgan fingerprint density at radius 1 is 0.917 bits per heavy atom. The lowest BCUT2D eigenvalue weighted by Crippen LogP contribution is -2.14. The summed E-state index contributed by atoms with van der Waals surface area (Å²) in [6.45, 7) is 0. The van der Waals surface area contributed by atoms with Crippen LogP contribution >= 0.6 is 0 Å². The molecular weight excluding hydrogens is 304 g/mol. The monoisotopic (exact) mass is 320 g/mol. The highest BCUT2D eigenvalue weighted by Gasteiger charge is 2.08. The molecule has 0 aliphatic carbocycles. The van der Waals surface area contributed by atoms with E-state index in [1.807, 2.05) is 30.3 Å². The normalized spacial score (nSPS) is 10.0. The molecule has 6 heteroatoms. The number of aromatic nitrogens is 2. The fraction of sp³-hybridized carbons (Fsp3) is 0.0556. The first-order valence-electron chi connectivity index (χ1n) is 7.34. The topological polar surface area (TPSA) is 76.1 Å². The summed E-state index contributed by atoms with van der Waals surface area (Å²) in [5.41, 5.74) is 1.81. The van der Waals surface area contributed by atoms with Gasteiger partial charge in [-0.3, -0.25) is 4.79 Å². The van der Waals surface area contributed by atoms with Crippen LogP contribution in [0.15, 0.2) is 67.0 Å². The second kappa shape index (κ2) is 7.23. The molecule has 1 aromatic heterocycles. The Morgan fingerprint density at radius 3 is 2.29 bits per heavy atom. The minimum atomic E-state index is -0.320. The molecule has 0 radical (unpaired) electrons. The smallest absolute Gasteiger partial charge is 0.275 e. The summed E-state index contributed by atoms with van der Waals surface area (Å²) in [4.78, 5) is 20.5. The van der Waals surface area contributed by atoms with E-state index in [9.17, 15) is 4.79 Å². The molecule has 120 valence electrons. The number of rotatable bonds is 5. The number of nitrogens with one attached hydrogen (secondary N) is 2. The summed E-state index contributed by atoms with van der Waals surface area (Å²) in [5, 5.41) is 5.87. The molecule has 0 saturated carbocycles. The zero-order chi connectivity index (χ0) is 16.8. The van der Waals surface area contributed by atoms with Crippen LogP contribution in [0.2, 0.25) is 0 Å². The van der Waals surface area contributed by atoms with E-state index in [0.717, 1.165) is 11.4 Å². The van der Waals surface area contributed by atoms with Crippen LogP contribution in [0, 0.1) is 0 Å². The molecule has 2 aromatic carbocycles. The van der Waals surface area contributed by atoms with Crippen molar-refractivity contribution in [2.45, 2.75) is 0 Å². The van der Waals surface area contributed by atoms with Gasteiger partial charge in [0.15, 0.2) is 0 Å². The number of hydrogen-bond donors (Lipinski definition) is 2. The molecule has 1 heterocycles. The predicted octanol–water partition coefficient (Wildman–Crippen LogP) is 3.48. The lowest BCUT2D eigenvalue weighted by atomic mass is 10.3. The first-order valence-corrected chi connectivity index (χ1v) is 7.34. The van der Waals surface area contributed by atoms with E-state index in [2.05, 4.69) is 20.6 Å². The molecule has 6 nitrogen and oxygen atoms in total. The fourth-order valence-corrected chi connectivity index (χ4v) is 2.05. The van der Waals surface area contributed by atoms with Gasteiger partial charge in [-0.25, -0.2) is 9.97 Å². The van der Waals surface area contributed by atoms with Crippen molar-refractivity contribution in [3.63, 3.8) is 0 Å². The predicted molar refractivity (Wildman–Crippen MR) is 92.7 cm³/mol. The number of anilines is 3. The minimum absolute atomic E-state index is 0.240. The van der Waals surface area contributed by atoms with Gasteiger partial charge in [0.2, 0.25) is 0 Å². The van der Waals surface area contributed by atoms with Crippen molar-refractivity contribution in [2.75, 3.05) is 17.7 Å². The van der Waals surface area contributed by atoms with Gasteiger partial charge in [-0.05, 0) is 36.4 Å². The van der Waals surface area contributed by atoms with Crippen LogP contribution < -0.4 is 15.4 Å². The Kier molecular flexibility index (Phi) is 4.67. The maximum Gasteiger partial charge on any atom is 0.275 e. The lowest BCUT2D eigenvalue weighted by Gasteiger charge is -2.07. The largest absolute Gasteiger partial charge is 0.497 e. The Morgan fingerprint density at radius 2 is 1.67 bits per heavy atom. The van der Waals surface area contributed by atoms with Crippen LogP contribution in [0.25, 0.3) is 0 Å². The van der Waals surface area contributed by atoms with E-state index in [0.29, 0.717) is 11.5 Å². The number of nitrogens with zero attached hydrogens (tertiary/aromatic N) is 2. The Bertz CT molecular complexity index is 803. The van der Waals surface area contributed by atoms with Gasteiger partial charge in [-0.1, -0.05) is 18.2 Å². The average Bonchev–Trinajstić information content (AvgIpc) is 2.64. The third kappa shape index (κ3) is 3.86. The van der Waals surface area contributed by atoms with E-state index >= 15 is 0 Å². The van der Waals surface area contributed by atoms with E-state index in [1.54, 1.807) is 31.4 Å². The highest BCUT2D eigenvalue weighted by Crippen LogP contribution is 2.16. The number of methoxy groups -OCH3 is 1. The fourth-order valence-electron chi connectivity index (χ4n) is 2.05. The summed E-state index contributed by atoms with van der Waals surface area (Å²) < 4.78 is 5.08. The first kappa shape index (κ1) is 15.5. The van der Waals surface area contributed by atoms with Crippen molar-refractivity contribution in [1.82, 2.24) is 9.97 Å². The average molecular weight is 320 g/mol. The Balaban J connectivity index is 1.64. The van der Waals surface area contributed by atoms with Crippen molar-refractivity contribution in [1.29, 1.82) is 0 Å². The highest BCUT2D eigenvalue weighted by molar-refractivity contribution is 6.02. The minimum Gasteiger partial charge on any atom is -0.497 e. The van der Waals surface area contributed by atoms with Gasteiger partial charge in [0.05, 0.1) is 19.5 Å². The SMILES string of the molecule is COc1ccc(NC(=O)c2cnc(Nc3ccccc3)cn2)cc1. The quantitative estimate of drug-likeness (QED) is 0.752. The highest BCUT2D eigenvalue weighted by atomic mass is 16.5. The number of benzene rings is 2. The maximum atomic E-state index is 12.2. The molecule has 0 spiro atoms. The summed E-state index contributed by atoms with van der Waals surface area (Å²) in [6, 6.07) is 16.7. The van der Waals surface area contributed by atoms with Crippen molar-refractivity contribution >= 4 is 23.1 Å². The second-order valence-corrected chi connectivity index (χ2v) is 4.96. The molecule has 0 bridgehead atoms. The number of ether oxygens (including phenoxy) is 1. The van der Waals surface area contributed by atoms with Crippen molar-refractivity contribution in [3.05, 3.63) is 72.7 Å². The Labute approximate surface area is 139 Å².